The minimum absolute atomic E-state index is 0.152. The number of carbonyl (C=O) groups is 2. The minimum atomic E-state index is -0.704. The fraction of sp³-hybridized carbons (Fsp3) is 0.571. The van der Waals surface area contributed by atoms with Gasteiger partial charge in [0.15, 0.2) is 5.76 Å². The minimum Gasteiger partial charge on any atom is -0.461 e. The lowest BCUT2D eigenvalue weighted by Crippen LogP contribution is -2.53. The van der Waals surface area contributed by atoms with Crippen molar-refractivity contribution < 1.29 is 23.5 Å². The largest absolute Gasteiger partial charge is 0.461 e. The van der Waals surface area contributed by atoms with Crippen LogP contribution in [0, 0.1) is 0 Å². The molecule has 1 amide bonds. The van der Waals surface area contributed by atoms with Crippen molar-refractivity contribution in [3.63, 3.8) is 0 Å². The maximum atomic E-state index is 12.3. The van der Waals surface area contributed by atoms with E-state index in [1.54, 1.807) is 32.9 Å². The summed E-state index contributed by atoms with van der Waals surface area (Å²) >= 11 is 0. The van der Waals surface area contributed by atoms with Gasteiger partial charge in [-0.05, 0) is 32.9 Å². The summed E-state index contributed by atoms with van der Waals surface area (Å²) in [6, 6.07) is 2.50. The van der Waals surface area contributed by atoms with Gasteiger partial charge in [0.2, 0.25) is 5.78 Å². The van der Waals surface area contributed by atoms with Crippen LogP contribution in [0.25, 0.3) is 0 Å². The van der Waals surface area contributed by atoms with Crippen LogP contribution >= 0.6 is 0 Å². The van der Waals surface area contributed by atoms with Crippen molar-refractivity contribution in [2.24, 2.45) is 0 Å². The summed E-state index contributed by atoms with van der Waals surface area (Å²) in [5.74, 6) is -0.0605. The number of nitrogens with zero attached hydrogens (tertiary/aromatic N) is 1. The lowest BCUT2D eigenvalue weighted by molar-refractivity contribution is -0.0270. The second kappa shape index (κ2) is 5.66. The number of rotatable bonds is 2. The van der Waals surface area contributed by atoms with Gasteiger partial charge in [-0.25, -0.2) is 4.79 Å². The Morgan fingerprint density at radius 3 is 2.75 bits per heavy atom. The molecule has 6 heteroatoms. The fourth-order valence-corrected chi connectivity index (χ4v) is 1.94. The lowest BCUT2D eigenvalue weighted by atomic mass is 10.1. The zero-order chi connectivity index (χ0) is 14.8. The number of ketones is 1. The third-order valence-corrected chi connectivity index (χ3v) is 2.82. The number of hydrogen-bond donors (Lipinski definition) is 0. The average Bonchev–Trinajstić information content (AvgIpc) is 2.89. The van der Waals surface area contributed by atoms with Gasteiger partial charge in [0.1, 0.15) is 11.6 Å². The molecule has 1 aromatic rings. The Bertz CT molecular complexity index is 474. The third kappa shape index (κ3) is 3.39. The molecule has 0 saturated carbocycles. The SMILES string of the molecule is CC(C)(C)OC(=O)N1CCOCC1C(=O)c1ccco1. The monoisotopic (exact) mass is 281 g/mol. The van der Waals surface area contributed by atoms with Gasteiger partial charge < -0.3 is 13.9 Å². The van der Waals surface area contributed by atoms with Crippen LogP contribution in [0.2, 0.25) is 0 Å². The highest BCUT2D eigenvalue weighted by atomic mass is 16.6. The van der Waals surface area contributed by atoms with E-state index >= 15 is 0 Å². The lowest BCUT2D eigenvalue weighted by Gasteiger charge is -2.35. The molecular weight excluding hydrogens is 262 g/mol. The molecule has 1 fully saturated rings. The van der Waals surface area contributed by atoms with E-state index < -0.39 is 17.7 Å². The van der Waals surface area contributed by atoms with Crippen molar-refractivity contribution in [2.75, 3.05) is 19.8 Å². The van der Waals surface area contributed by atoms with Crippen molar-refractivity contribution in [3.8, 4) is 0 Å². The highest BCUT2D eigenvalue weighted by Crippen LogP contribution is 2.18. The van der Waals surface area contributed by atoms with E-state index in [1.165, 1.54) is 11.2 Å². The molecule has 0 aromatic carbocycles. The molecule has 1 aromatic heterocycles. The molecule has 2 heterocycles. The van der Waals surface area contributed by atoms with Gasteiger partial charge >= 0.3 is 6.09 Å². The van der Waals surface area contributed by atoms with Crippen LogP contribution in [0.3, 0.4) is 0 Å². The second-order valence-electron chi connectivity index (χ2n) is 5.61. The Balaban J connectivity index is 2.13. The van der Waals surface area contributed by atoms with E-state index in [0.717, 1.165) is 0 Å². The first-order valence-electron chi connectivity index (χ1n) is 6.53. The Morgan fingerprint density at radius 2 is 2.15 bits per heavy atom. The van der Waals surface area contributed by atoms with Crippen LogP contribution in [0.5, 0.6) is 0 Å². The molecule has 110 valence electrons. The van der Waals surface area contributed by atoms with Gasteiger partial charge in [-0.15, -0.1) is 0 Å². The summed E-state index contributed by atoms with van der Waals surface area (Å²) in [5.41, 5.74) is -0.604. The quantitative estimate of drug-likeness (QED) is 0.776. The van der Waals surface area contributed by atoms with Crippen LogP contribution in [-0.2, 0) is 9.47 Å². The molecule has 1 aliphatic heterocycles. The van der Waals surface area contributed by atoms with Gasteiger partial charge in [0.25, 0.3) is 0 Å². The molecule has 1 saturated heterocycles. The van der Waals surface area contributed by atoms with E-state index in [-0.39, 0.29) is 18.2 Å². The van der Waals surface area contributed by atoms with Crippen LogP contribution in [0.1, 0.15) is 31.3 Å². The fourth-order valence-electron chi connectivity index (χ4n) is 1.94. The first kappa shape index (κ1) is 14.6. The number of morpholine rings is 1. The summed E-state index contributed by atoms with van der Waals surface area (Å²) in [7, 11) is 0. The highest BCUT2D eigenvalue weighted by molar-refractivity contribution is 5.99. The molecule has 0 spiro atoms. The Labute approximate surface area is 117 Å². The number of amides is 1. The van der Waals surface area contributed by atoms with Crippen molar-refractivity contribution >= 4 is 11.9 Å². The van der Waals surface area contributed by atoms with Gasteiger partial charge in [-0.3, -0.25) is 9.69 Å². The molecule has 0 radical (unpaired) electrons. The molecule has 0 bridgehead atoms. The first-order valence-corrected chi connectivity index (χ1v) is 6.53. The second-order valence-corrected chi connectivity index (χ2v) is 5.61. The standard InChI is InChI=1S/C14H19NO5/c1-14(2,3)20-13(17)15-6-8-18-9-10(15)12(16)11-5-4-7-19-11/h4-5,7,10H,6,8-9H2,1-3H3. The number of hydrogen-bond acceptors (Lipinski definition) is 5. The average molecular weight is 281 g/mol. The molecule has 0 N–H and O–H groups in total. The van der Waals surface area contributed by atoms with Crippen LogP contribution < -0.4 is 0 Å². The van der Waals surface area contributed by atoms with Gasteiger partial charge in [-0.2, -0.15) is 0 Å². The molecule has 1 unspecified atom stereocenters. The Kier molecular flexibility index (Phi) is 4.13. The normalized spacial score (nSPS) is 19.8. The Hall–Kier alpha value is -1.82. The summed E-state index contributed by atoms with van der Waals surface area (Å²) in [6.07, 6.45) is 0.917. The number of furan rings is 1. The van der Waals surface area contributed by atoms with E-state index in [2.05, 4.69) is 0 Å². The molecule has 0 aliphatic carbocycles. The third-order valence-electron chi connectivity index (χ3n) is 2.82. The first-order chi connectivity index (χ1) is 9.38. The summed E-state index contributed by atoms with van der Waals surface area (Å²) in [5, 5.41) is 0. The molecule has 1 atom stereocenters. The molecule has 2 rings (SSSR count). The number of carbonyl (C=O) groups excluding carboxylic acids is 2. The zero-order valence-corrected chi connectivity index (χ0v) is 11.9. The van der Waals surface area contributed by atoms with E-state index in [0.29, 0.717) is 13.2 Å². The van der Waals surface area contributed by atoms with Crippen molar-refractivity contribution in [2.45, 2.75) is 32.4 Å². The van der Waals surface area contributed by atoms with Crippen molar-refractivity contribution in [1.82, 2.24) is 4.90 Å². The van der Waals surface area contributed by atoms with Crippen LogP contribution in [-0.4, -0.2) is 48.2 Å². The topological polar surface area (TPSA) is 69.0 Å². The summed E-state index contributed by atoms with van der Waals surface area (Å²) in [4.78, 5) is 25.9. The molecule has 1 aliphatic rings. The number of ether oxygens (including phenoxy) is 2. The predicted molar refractivity (Wildman–Crippen MR) is 70.6 cm³/mol. The van der Waals surface area contributed by atoms with Crippen LogP contribution in [0.4, 0.5) is 4.79 Å². The van der Waals surface area contributed by atoms with E-state index in [9.17, 15) is 9.59 Å². The van der Waals surface area contributed by atoms with Crippen molar-refractivity contribution in [3.05, 3.63) is 24.2 Å². The maximum absolute atomic E-state index is 12.3. The smallest absolute Gasteiger partial charge is 0.411 e. The number of Topliss-reactive ketones (excluding diaryl/α,β-unsaturated/α-hetero) is 1. The predicted octanol–water partition coefficient (Wildman–Crippen LogP) is 2.10. The van der Waals surface area contributed by atoms with Gasteiger partial charge in [0, 0.05) is 6.54 Å². The Morgan fingerprint density at radius 1 is 1.40 bits per heavy atom. The van der Waals surface area contributed by atoms with E-state index in [1.807, 2.05) is 0 Å². The molecular formula is C14H19NO5. The zero-order valence-electron chi connectivity index (χ0n) is 11.9. The van der Waals surface area contributed by atoms with Crippen LogP contribution in [0.15, 0.2) is 22.8 Å². The summed E-state index contributed by atoms with van der Waals surface area (Å²) < 4.78 is 15.7. The van der Waals surface area contributed by atoms with Crippen molar-refractivity contribution in [1.29, 1.82) is 0 Å². The highest BCUT2D eigenvalue weighted by Gasteiger charge is 2.36. The van der Waals surface area contributed by atoms with E-state index in [4.69, 9.17) is 13.9 Å². The molecule has 20 heavy (non-hydrogen) atoms. The summed E-state index contributed by atoms with van der Waals surface area (Å²) in [6.45, 7) is 6.23. The molecule has 6 nitrogen and oxygen atoms in total. The van der Waals surface area contributed by atoms with Gasteiger partial charge in [0.05, 0.1) is 19.5 Å². The maximum Gasteiger partial charge on any atom is 0.411 e. The van der Waals surface area contributed by atoms with Gasteiger partial charge in [-0.1, -0.05) is 0 Å².